The number of nitrogens with zero attached hydrogens (tertiary/aromatic N) is 3. The Bertz CT molecular complexity index is 888. The number of fused-ring (bicyclic) bond motifs is 1. The molecule has 1 aromatic carbocycles. The van der Waals surface area contributed by atoms with Gasteiger partial charge in [0.05, 0.1) is 16.5 Å². The minimum absolute atomic E-state index is 0. The fourth-order valence-electron chi connectivity index (χ4n) is 3.08. The van der Waals surface area contributed by atoms with Gasteiger partial charge in [0, 0.05) is 13.1 Å². The van der Waals surface area contributed by atoms with Crippen molar-refractivity contribution in [2.45, 2.75) is 27.7 Å². The molecular formula is C20H26ClN3O2S. The minimum atomic E-state index is -0.143. The second-order valence-corrected chi connectivity index (χ2v) is 7.37. The molecule has 0 radical (unpaired) electrons. The fraction of sp³-hybridized carbons (Fsp3) is 0.400. The number of benzene rings is 1. The third-order valence-electron chi connectivity index (χ3n) is 4.55. The minimum Gasteiger partial charge on any atom is -0.459 e. The van der Waals surface area contributed by atoms with E-state index >= 15 is 0 Å². The molecule has 2 aromatic heterocycles. The summed E-state index contributed by atoms with van der Waals surface area (Å²) in [6.45, 7) is 11.7. The molecule has 0 bridgehead atoms. The molecule has 0 N–H and O–H groups in total. The molecule has 0 atom stereocenters. The first-order chi connectivity index (χ1) is 12.5. The van der Waals surface area contributed by atoms with E-state index in [9.17, 15) is 4.79 Å². The number of thiazole rings is 1. The van der Waals surface area contributed by atoms with Gasteiger partial charge in [-0.2, -0.15) is 0 Å². The lowest BCUT2D eigenvalue weighted by Crippen LogP contribution is -2.38. The summed E-state index contributed by atoms with van der Waals surface area (Å²) < 4.78 is 6.48. The van der Waals surface area contributed by atoms with E-state index in [0.29, 0.717) is 12.3 Å². The number of hydrogen-bond acceptors (Lipinski definition) is 5. The Morgan fingerprint density at radius 2 is 1.93 bits per heavy atom. The molecule has 0 spiro atoms. The normalized spacial score (nSPS) is 11.0. The van der Waals surface area contributed by atoms with Crippen LogP contribution in [0.4, 0.5) is 5.13 Å². The number of rotatable bonds is 7. The molecule has 7 heteroatoms. The molecule has 0 unspecified atom stereocenters. The number of aromatic nitrogens is 1. The highest BCUT2D eigenvalue weighted by Gasteiger charge is 2.24. The zero-order chi connectivity index (χ0) is 18.7. The summed E-state index contributed by atoms with van der Waals surface area (Å²) >= 11 is 1.57. The van der Waals surface area contributed by atoms with Crippen molar-refractivity contribution in [2.24, 2.45) is 0 Å². The second kappa shape index (κ2) is 9.35. The van der Waals surface area contributed by atoms with E-state index in [0.717, 1.165) is 35.0 Å². The molecule has 0 aliphatic heterocycles. The Balaban J connectivity index is 0.00000261. The summed E-state index contributed by atoms with van der Waals surface area (Å²) in [4.78, 5) is 21.8. The van der Waals surface area contributed by atoms with Gasteiger partial charge in [0.25, 0.3) is 5.91 Å². The highest BCUT2D eigenvalue weighted by Crippen LogP contribution is 2.32. The summed E-state index contributed by atoms with van der Waals surface area (Å²) in [7, 11) is 0. The van der Waals surface area contributed by atoms with Crippen molar-refractivity contribution in [3.8, 4) is 0 Å². The molecule has 0 aliphatic rings. The largest absolute Gasteiger partial charge is 0.459 e. The Labute approximate surface area is 170 Å². The van der Waals surface area contributed by atoms with Crippen molar-refractivity contribution >= 4 is 45.0 Å². The van der Waals surface area contributed by atoms with Crippen LogP contribution in [0.2, 0.25) is 0 Å². The van der Waals surface area contributed by atoms with Crippen molar-refractivity contribution in [3.63, 3.8) is 0 Å². The number of carbonyl (C=O) groups is 1. The standard InChI is InChI=1S/C20H25N3O2S.ClH/c1-5-22(6-2)9-10-23(19(24)17-8-7-11-25-17)20-21-16-13-14(3)12-15(4)18(16)26-20;/h7-8,11-13H,5-6,9-10H2,1-4H3;1H. The second-order valence-electron chi connectivity index (χ2n) is 6.39. The van der Waals surface area contributed by atoms with E-state index in [-0.39, 0.29) is 18.3 Å². The maximum Gasteiger partial charge on any atom is 0.295 e. The molecule has 146 valence electrons. The topological polar surface area (TPSA) is 49.6 Å². The van der Waals surface area contributed by atoms with Gasteiger partial charge in [0.1, 0.15) is 0 Å². The molecule has 0 aliphatic carbocycles. The summed E-state index contributed by atoms with van der Waals surface area (Å²) in [6, 6.07) is 7.66. The average Bonchev–Trinajstić information content (AvgIpc) is 3.28. The fourth-order valence-corrected chi connectivity index (χ4v) is 4.12. The van der Waals surface area contributed by atoms with Gasteiger partial charge in [-0.05, 0) is 56.3 Å². The number of furan rings is 1. The zero-order valence-electron chi connectivity index (χ0n) is 16.2. The van der Waals surface area contributed by atoms with E-state index in [4.69, 9.17) is 9.40 Å². The van der Waals surface area contributed by atoms with Gasteiger partial charge in [-0.25, -0.2) is 4.98 Å². The van der Waals surface area contributed by atoms with Crippen LogP contribution < -0.4 is 4.90 Å². The first-order valence-electron chi connectivity index (χ1n) is 8.99. The van der Waals surface area contributed by atoms with Crippen molar-refractivity contribution < 1.29 is 9.21 Å². The number of amides is 1. The van der Waals surface area contributed by atoms with Gasteiger partial charge < -0.3 is 9.32 Å². The Morgan fingerprint density at radius 1 is 1.19 bits per heavy atom. The maximum absolute atomic E-state index is 13.0. The molecule has 0 fully saturated rings. The summed E-state index contributed by atoms with van der Waals surface area (Å²) in [6.07, 6.45) is 1.53. The van der Waals surface area contributed by atoms with Crippen LogP contribution in [0.15, 0.2) is 34.9 Å². The SMILES string of the molecule is CCN(CC)CCN(C(=O)c1ccco1)c1nc2cc(C)cc(C)c2s1.Cl. The highest BCUT2D eigenvalue weighted by molar-refractivity contribution is 7.22. The van der Waals surface area contributed by atoms with E-state index in [1.165, 1.54) is 17.4 Å². The van der Waals surface area contributed by atoms with E-state index in [2.05, 4.69) is 44.7 Å². The Morgan fingerprint density at radius 3 is 2.56 bits per heavy atom. The molecule has 3 rings (SSSR count). The number of hydrogen-bond donors (Lipinski definition) is 0. The maximum atomic E-state index is 13.0. The summed E-state index contributed by atoms with van der Waals surface area (Å²) in [5.74, 6) is 0.201. The quantitative estimate of drug-likeness (QED) is 0.558. The van der Waals surface area contributed by atoms with Crippen LogP contribution in [0, 0.1) is 13.8 Å². The van der Waals surface area contributed by atoms with E-state index in [1.807, 2.05) is 0 Å². The number of aryl methyl sites for hydroxylation is 2. The average molecular weight is 408 g/mol. The molecule has 2 heterocycles. The van der Waals surface area contributed by atoms with E-state index < -0.39 is 0 Å². The monoisotopic (exact) mass is 407 g/mol. The van der Waals surface area contributed by atoms with Gasteiger partial charge in [0.2, 0.25) is 0 Å². The predicted molar refractivity (Wildman–Crippen MR) is 115 cm³/mol. The van der Waals surface area contributed by atoms with Gasteiger partial charge in [0.15, 0.2) is 10.9 Å². The summed E-state index contributed by atoms with van der Waals surface area (Å²) in [5, 5.41) is 0.724. The van der Waals surface area contributed by atoms with Crippen molar-refractivity contribution in [2.75, 3.05) is 31.1 Å². The van der Waals surface area contributed by atoms with Crippen LogP contribution >= 0.6 is 23.7 Å². The van der Waals surface area contributed by atoms with Crippen molar-refractivity contribution in [3.05, 3.63) is 47.4 Å². The smallest absolute Gasteiger partial charge is 0.295 e. The molecule has 1 amide bonds. The van der Waals surface area contributed by atoms with Crippen LogP contribution in [0.3, 0.4) is 0 Å². The van der Waals surface area contributed by atoms with Gasteiger partial charge in [-0.1, -0.05) is 31.3 Å². The van der Waals surface area contributed by atoms with Gasteiger partial charge in [-0.15, -0.1) is 12.4 Å². The number of likely N-dealkylation sites (N-methyl/N-ethyl adjacent to an activating group) is 1. The van der Waals surface area contributed by atoms with Crippen molar-refractivity contribution in [1.29, 1.82) is 0 Å². The van der Waals surface area contributed by atoms with Crippen LogP contribution in [0.5, 0.6) is 0 Å². The number of anilines is 1. The molecule has 0 saturated carbocycles. The molecule has 3 aromatic rings. The van der Waals surface area contributed by atoms with Gasteiger partial charge >= 0.3 is 0 Å². The first kappa shape index (κ1) is 21.4. The molecule has 27 heavy (non-hydrogen) atoms. The lowest BCUT2D eigenvalue weighted by molar-refractivity contribution is 0.0957. The number of carbonyl (C=O) groups excluding carboxylic acids is 1. The Hall–Kier alpha value is -1.89. The lowest BCUT2D eigenvalue weighted by Gasteiger charge is -2.24. The van der Waals surface area contributed by atoms with Crippen LogP contribution in [0.1, 0.15) is 35.5 Å². The highest BCUT2D eigenvalue weighted by atomic mass is 35.5. The third kappa shape index (κ3) is 4.69. The van der Waals surface area contributed by atoms with Crippen LogP contribution in [0.25, 0.3) is 10.2 Å². The van der Waals surface area contributed by atoms with E-state index in [1.54, 1.807) is 28.4 Å². The zero-order valence-corrected chi connectivity index (χ0v) is 17.8. The number of halogens is 1. The predicted octanol–water partition coefficient (Wildman–Crippen LogP) is 4.92. The lowest BCUT2D eigenvalue weighted by atomic mass is 10.1. The van der Waals surface area contributed by atoms with Crippen LogP contribution in [-0.2, 0) is 0 Å². The molecule has 5 nitrogen and oxygen atoms in total. The molecular weight excluding hydrogens is 382 g/mol. The van der Waals surface area contributed by atoms with Crippen LogP contribution in [-0.4, -0.2) is 42.0 Å². The van der Waals surface area contributed by atoms with Crippen molar-refractivity contribution in [1.82, 2.24) is 9.88 Å². The Kier molecular flexibility index (Phi) is 7.41. The van der Waals surface area contributed by atoms with Gasteiger partial charge in [-0.3, -0.25) is 9.69 Å². The molecule has 0 saturated heterocycles. The summed E-state index contributed by atoms with van der Waals surface area (Å²) in [5.41, 5.74) is 3.32. The first-order valence-corrected chi connectivity index (χ1v) is 9.80. The third-order valence-corrected chi connectivity index (χ3v) is 5.78.